The molecule has 0 aliphatic carbocycles. The van der Waals surface area contributed by atoms with Gasteiger partial charge < -0.3 is 4.74 Å². The van der Waals surface area contributed by atoms with E-state index < -0.39 is 21.8 Å². The fourth-order valence-corrected chi connectivity index (χ4v) is 2.87. The molecule has 0 saturated carbocycles. The van der Waals surface area contributed by atoms with Gasteiger partial charge in [-0.25, -0.2) is 4.79 Å². The van der Waals surface area contributed by atoms with Crippen LogP contribution in [-0.2, 0) is 38.7 Å². The first-order chi connectivity index (χ1) is 10.9. The van der Waals surface area contributed by atoms with Crippen LogP contribution < -0.4 is 0 Å². The highest BCUT2D eigenvalue weighted by Crippen LogP contribution is 2.31. The van der Waals surface area contributed by atoms with Crippen LogP contribution in [0.1, 0.15) is 48.8 Å². The molecular weight excluding hydrogens is 332 g/mol. The van der Waals surface area contributed by atoms with E-state index in [0.29, 0.717) is 18.8 Å². The molecule has 0 radical (unpaired) electrons. The second-order valence-corrected chi connectivity index (χ2v) is 8.67. The predicted molar refractivity (Wildman–Crippen MR) is 88.8 cm³/mol. The van der Waals surface area contributed by atoms with Crippen molar-refractivity contribution >= 4 is 16.2 Å². The summed E-state index contributed by atoms with van der Waals surface area (Å²) in [5.41, 5.74) is 3.60. The number of aromatic nitrogens is 1. The smallest absolute Gasteiger partial charge is 0.410 e. The molecule has 0 aromatic carbocycles. The predicted octanol–water partition coefficient (Wildman–Crippen LogP) is 2.43. The molecule has 0 atom stereocenters. The Morgan fingerprint density at radius 2 is 1.79 bits per heavy atom. The standard InChI is InChI=1S/C16H24N2O5S/c1-10-11(2)17-14(9-22-24(6,20)21)13-8-18(7-12(10)13)15(19)23-16(3,4)5/h7-9H2,1-6H3. The number of pyridine rings is 1. The molecular formula is C16H24N2O5S. The van der Waals surface area contributed by atoms with Gasteiger partial charge >= 0.3 is 6.09 Å². The van der Waals surface area contributed by atoms with Crippen LogP contribution in [0.25, 0.3) is 0 Å². The van der Waals surface area contributed by atoms with Crippen LogP contribution in [-0.4, -0.2) is 36.3 Å². The zero-order valence-corrected chi connectivity index (χ0v) is 15.8. The third-order valence-electron chi connectivity index (χ3n) is 3.77. The molecule has 0 N–H and O–H groups in total. The topological polar surface area (TPSA) is 85.8 Å². The molecule has 134 valence electrons. The molecule has 0 unspecified atom stereocenters. The maximum absolute atomic E-state index is 12.3. The van der Waals surface area contributed by atoms with E-state index in [1.165, 1.54) is 0 Å². The largest absolute Gasteiger partial charge is 0.444 e. The number of ether oxygens (including phenoxy) is 1. The average Bonchev–Trinajstić information content (AvgIpc) is 2.84. The van der Waals surface area contributed by atoms with E-state index >= 15 is 0 Å². The van der Waals surface area contributed by atoms with Crippen molar-refractivity contribution < 1.29 is 22.1 Å². The van der Waals surface area contributed by atoms with Crippen molar-refractivity contribution in [1.29, 1.82) is 0 Å². The Bertz CT molecular complexity index is 766. The van der Waals surface area contributed by atoms with Crippen LogP contribution >= 0.6 is 0 Å². The number of hydrogen-bond donors (Lipinski definition) is 0. The first-order valence-electron chi connectivity index (χ1n) is 7.67. The highest BCUT2D eigenvalue weighted by atomic mass is 32.2. The molecule has 1 amide bonds. The van der Waals surface area contributed by atoms with Gasteiger partial charge in [-0.2, -0.15) is 8.42 Å². The van der Waals surface area contributed by atoms with Gasteiger partial charge in [0, 0.05) is 11.3 Å². The second-order valence-electron chi connectivity index (χ2n) is 7.03. The van der Waals surface area contributed by atoms with Crippen molar-refractivity contribution in [2.45, 2.75) is 59.9 Å². The number of carbonyl (C=O) groups excluding carboxylic acids is 1. The Kier molecular flexibility index (Phi) is 4.92. The summed E-state index contributed by atoms with van der Waals surface area (Å²) in [6.45, 7) is 9.87. The van der Waals surface area contributed by atoms with Crippen LogP contribution in [0.4, 0.5) is 4.79 Å². The molecule has 0 bridgehead atoms. The van der Waals surface area contributed by atoms with Gasteiger partial charge in [-0.05, 0) is 45.7 Å². The maximum atomic E-state index is 12.3. The van der Waals surface area contributed by atoms with E-state index in [-0.39, 0.29) is 6.61 Å². The third kappa shape index (κ3) is 4.45. The van der Waals surface area contributed by atoms with E-state index in [1.54, 1.807) is 4.90 Å². The molecule has 8 heteroatoms. The van der Waals surface area contributed by atoms with E-state index in [2.05, 4.69) is 4.98 Å². The quantitative estimate of drug-likeness (QED) is 0.773. The third-order valence-corrected chi connectivity index (χ3v) is 4.32. The normalized spacial score (nSPS) is 14.7. The Morgan fingerprint density at radius 3 is 2.33 bits per heavy atom. The lowest BCUT2D eigenvalue weighted by molar-refractivity contribution is 0.0241. The van der Waals surface area contributed by atoms with Gasteiger partial charge in [-0.3, -0.25) is 14.1 Å². The Balaban J connectivity index is 2.28. The molecule has 1 aliphatic heterocycles. The van der Waals surface area contributed by atoms with Gasteiger partial charge in [0.15, 0.2) is 0 Å². The highest BCUT2D eigenvalue weighted by Gasteiger charge is 2.31. The monoisotopic (exact) mass is 356 g/mol. The minimum atomic E-state index is -3.56. The van der Waals surface area contributed by atoms with Gasteiger partial charge in [0.1, 0.15) is 12.2 Å². The molecule has 2 rings (SSSR count). The average molecular weight is 356 g/mol. The van der Waals surface area contributed by atoms with Crippen molar-refractivity contribution in [2.24, 2.45) is 0 Å². The summed E-state index contributed by atoms with van der Waals surface area (Å²) in [5, 5.41) is 0. The fraction of sp³-hybridized carbons (Fsp3) is 0.625. The van der Waals surface area contributed by atoms with Gasteiger partial charge in [-0.1, -0.05) is 0 Å². The van der Waals surface area contributed by atoms with Crippen LogP contribution in [0.15, 0.2) is 0 Å². The van der Waals surface area contributed by atoms with Crippen molar-refractivity contribution in [3.63, 3.8) is 0 Å². The zero-order chi connectivity index (χ0) is 18.3. The molecule has 1 aliphatic rings. The number of hydrogen-bond acceptors (Lipinski definition) is 6. The van der Waals surface area contributed by atoms with Crippen LogP contribution in [0.3, 0.4) is 0 Å². The van der Waals surface area contributed by atoms with Crippen LogP contribution in [0.2, 0.25) is 0 Å². The first kappa shape index (κ1) is 18.7. The fourth-order valence-electron chi connectivity index (χ4n) is 2.55. The number of aryl methyl sites for hydroxylation is 1. The number of fused-ring (bicyclic) bond motifs is 1. The molecule has 0 spiro atoms. The molecule has 24 heavy (non-hydrogen) atoms. The SMILES string of the molecule is Cc1nc(COS(C)(=O)=O)c2c(c1C)CN(C(=O)OC(C)(C)C)C2. The summed E-state index contributed by atoms with van der Waals surface area (Å²) < 4.78 is 32.8. The van der Waals surface area contributed by atoms with Crippen molar-refractivity contribution in [2.75, 3.05) is 6.26 Å². The summed E-state index contributed by atoms with van der Waals surface area (Å²) in [6, 6.07) is 0. The van der Waals surface area contributed by atoms with E-state index in [9.17, 15) is 13.2 Å². The minimum Gasteiger partial charge on any atom is -0.444 e. The lowest BCUT2D eigenvalue weighted by Crippen LogP contribution is -2.33. The highest BCUT2D eigenvalue weighted by molar-refractivity contribution is 7.85. The van der Waals surface area contributed by atoms with Gasteiger partial charge in [0.2, 0.25) is 0 Å². The minimum absolute atomic E-state index is 0.134. The van der Waals surface area contributed by atoms with E-state index in [1.807, 2.05) is 34.6 Å². The van der Waals surface area contributed by atoms with Gasteiger partial charge in [-0.15, -0.1) is 0 Å². The summed E-state index contributed by atoms with van der Waals surface area (Å²) in [6.07, 6.45) is 0.604. The summed E-state index contributed by atoms with van der Waals surface area (Å²) >= 11 is 0. The number of carbonyl (C=O) groups is 1. The summed E-state index contributed by atoms with van der Waals surface area (Å²) in [7, 11) is -3.56. The Labute approximate surface area is 143 Å². The molecule has 2 heterocycles. The van der Waals surface area contributed by atoms with Crippen molar-refractivity contribution in [3.05, 3.63) is 28.1 Å². The Hall–Kier alpha value is -1.67. The first-order valence-corrected chi connectivity index (χ1v) is 9.49. The number of amides is 1. The van der Waals surface area contributed by atoms with E-state index in [4.69, 9.17) is 8.92 Å². The number of nitrogens with zero attached hydrogens (tertiary/aromatic N) is 2. The summed E-state index contributed by atoms with van der Waals surface area (Å²) in [4.78, 5) is 18.3. The van der Waals surface area contributed by atoms with Crippen molar-refractivity contribution in [3.8, 4) is 0 Å². The molecule has 0 saturated heterocycles. The summed E-state index contributed by atoms with van der Waals surface area (Å²) in [5.74, 6) is 0. The molecule has 1 aromatic heterocycles. The van der Waals surface area contributed by atoms with Crippen molar-refractivity contribution in [1.82, 2.24) is 9.88 Å². The molecule has 1 aromatic rings. The van der Waals surface area contributed by atoms with Crippen LogP contribution in [0.5, 0.6) is 0 Å². The Morgan fingerprint density at radius 1 is 1.21 bits per heavy atom. The van der Waals surface area contributed by atoms with E-state index in [0.717, 1.165) is 28.6 Å². The van der Waals surface area contributed by atoms with Gasteiger partial charge in [0.05, 0.1) is 25.0 Å². The van der Waals surface area contributed by atoms with Gasteiger partial charge in [0.25, 0.3) is 10.1 Å². The second kappa shape index (κ2) is 6.33. The molecule has 7 nitrogen and oxygen atoms in total. The molecule has 0 fully saturated rings. The zero-order valence-electron chi connectivity index (χ0n) is 15.0. The van der Waals surface area contributed by atoms with Crippen LogP contribution in [0, 0.1) is 13.8 Å². The maximum Gasteiger partial charge on any atom is 0.410 e. The number of rotatable bonds is 3. The lowest BCUT2D eigenvalue weighted by Gasteiger charge is -2.24. The lowest BCUT2D eigenvalue weighted by atomic mass is 10.0.